The number of halogens is 2. The number of rotatable bonds is 5. The predicted molar refractivity (Wildman–Crippen MR) is 79.1 cm³/mol. The van der Waals surface area contributed by atoms with Crippen LogP contribution >= 0.6 is 24.0 Å². The van der Waals surface area contributed by atoms with Gasteiger partial charge in [-0.3, -0.25) is 4.79 Å². The highest BCUT2D eigenvalue weighted by molar-refractivity contribution is 8.23. The number of nitrogens with zero attached hydrogens (tertiary/aromatic N) is 2. The van der Waals surface area contributed by atoms with Crippen molar-refractivity contribution < 1.29 is 23.0 Å². The maximum Gasteiger partial charge on any atom is 0.387 e. The lowest BCUT2D eigenvalue weighted by Gasteiger charge is -2.10. The first-order chi connectivity index (χ1) is 10.0. The van der Waals surface area contributed by atoms with Gasteiger partial charge < -0.3 is 9.47 Å². The van der Waals surface area contributed by atoms with E-state index in [1.54, 1.807) is 0 Å². The topological polar surface area (TPSA) is 51.1 Å². The number of hydrogen-bond donors (Lipinski definition) is 0. The molecule has 0 unspecified atom stereocenters. The van der Waals surface area contributed by atoms with Crippen LogP contribution in [-0.2, 0) is 4.79 Å². The zero-order valence-electron chi connectivity index (χ0n) is 10.8. The Morgan fingerprint density at radius 2 is 2.24 bits per heavy atom. The van der Waals surface area contributed by atoms with Gasteiger partial charge in [-0.15, -0.1) is 0 Å². The van der Waals surface area contributed by atoms with Crippen LogP contribution in [0, 0.1) is 0 Å². The third-order valence-electron chi connectivity index (χ3n) is 2.45. The summed E-state index contributed by atoms with van der Waals surface area (Å²) in [7, 11) is 1.34. The number of ether oxygens (including phenoxy) is 2. The van der Waals surface area contributed by atoms with Gasteiger partial charge in [0.2, 0.25) is 0 Å². The first-order valence-electron chi connectivity index (χ1n) is 5.68. The maximum absolute atomic E-state index is 12.2. The Morgan fingerprint density at radius 1 is 1.48 bits per heavy atom. The molecule has 1 amide bonds. The van der Waals surface area contributed by atoms with E-state index in [4.69, 9.17) is 17.0 Å². The van der Waals surface area contributed by atoms with Crippen molar-refractivity contribution >= 4 is 40.4 Å². The Morgan fingerprint density at radius 3 is 2.81 bits per heavy atom. The van der Waals surface area contributed by atoms with Crippen LogP contribution in [0.25, 0.3) is 0 Å². The Balaban J connectivity index is 2.17. The average Bonchev–Trinajstić information content (AvgIpc) is 2.76. The zero-order chi connectivity index (χ0) is 15.4. The zero-order valence-corrected chi connectivity index (χ0v) is 12.4. The van der Waals surface area contributed by atoms with Crippen LogP contribution in [0.1, 0.15) is 5.56 Å². The van der Waals surface area contributed by atoms with Gasteiger partial charge in [-0.25, -0.2) is 0 Å². The van der Waals surface area contributed by atoms with Crippen LogP contribution in [0.2, 0.25) is 0 Å². The molecule has 21 heavy (non-hydrogen) atoms. The number of methoxy groups -OCH3 is 1. The first kappa shape index (κ1) is 15.6. The minimum absolute atomic E-state index is 0.0759. The first-order valence-corrected chi connectivity index (χ1v) is 7.07. The van der Waals surface area contributed by atoms with E-state index in [1.807, 2.05) is 0 Å². The molecular weight excluding hydrogens is 322 g/mol. The summed E-state index contributed by atoms with van der Waals surface area (Å²) in [5.41, 5.74) is 0.556. The van der Waals surface area contributed by atoms with E-state index < -0.39 is 6.61 Å². The molecule has 1 heterocycles. The fourth-order valence-electron chi connectivity index (χ4n) is 1.54. The lowest BCUT2D eigenvalue weighted by Crippen LogP contribution is -2.22. The molecule has 0 N–H and O–H groups in total. The number of thiocarbonyl (C=S) groups is 1. The second-order valence-electron chi connectivity index (χ2n) is 3.79. The highest BCUT2D eigenvalue weighted by Crippen LogP contribution is 2.29. The molecule has 0 aliphatic carbocycles. The molecule has 1 aromatic carbocycles. The summed E-state index contributed by atoms with van der Waals surface area (Å²) in [6.45, 7) is -2.94. The van der Waals surface area contributed by atoms with Crippen molar-refractivity contribution in [2.24, 2.45) is 5.10 Å². The van der Waals surface area contributed by atoms with Gasteiger partial charge in [0.1, 0.15) is 0 Å². The Labute approximate surface area is 128 Å². The van der Waals surface area contributed by atoms with Crippen molar-refractivity contribution in [3.8, 4) is 11.5 Å². The van der Waals surface area contributed by atoms with Crippen LogP contribution in [0.5, 0.6) is 11.5 Å². The average molecular weight is 332 g/mol. The fraction of sp³-hybridized carbons (Fsp3) is 0.250. The van der Waals surface area contributed by atoms with Crippen molar-refractivity contribution in [2.45, 2.75) is 6.61 Å². The molecule has 1 aliphatic heterocycles. The number of amides is 1. The highest BCUT2D eigenvalue weighted by Gasteiger charge is 2.25. The smallest absolute Gasteiger partial charge is 0.387 e. The van der Waals surface area contributed by atoms with Gasteiger partial charge in [-0.05, 0) is 23.8 Å². The van der Waals surface area contributed by atoms with Gasteiger partial charge in [-0.1, -0.05) is 24.0 Å². The molecule has 1 aliphatic rings. The summed E-state index contributed by atoms with van der Waals surface area (Å²) in [5, 5.41) is 5.09. The van der Waals surface area contributed by atoms with Gasteiger partial charge in [0.05, 0.1) is 19.1 Å². The minimum Gasteiger partial charge on any atom is -0.493 e. The summed E-state index contributed by atoms with van der Waals surface area (Å²) in [6, 6.07) is 4.32. The highest BCUT2D eigenvalue weighted by atomic mass is 32.2. The number of carbonyl (C=O) groups excluding carboxylic acids is 1. The summed E-state index contributed by atoms with van der Waals surface area (Å²) < 4.78 is 34.1. The molecule has 0 aromatic heterocycles. The molecule has 112 valence electrons. The van der Waals surface area contributed by atoms with Crippen molar-refractivity contribution in [3.05, 3.63) is 23.8 Å². The van der Waals surface area contributed by atoms with Crippen molar-refractivity contribution in [3.63, 3.8) is 0 Å². The second-order valence-corrected chi connectivity index (χ2v) is 5.40. The standard InChI is InChI=1S/C12H10F2N2O3S2/c1-18-9-4-7(2-3-8(9)19-11(13)14)5-15-16-10(17)6-21-12(16)20/h2-5,11H,6H2,1H3/b15-5-. The molecule has 0 saturated carbocycles. The molecular formula is C12H10F2N2O3S2. The summed E-state index contributed by atoms with van der Waals surface area (Å²) >= 11 is 6.21. The van der Waals surface area contributed by atoms with Gasteiger partial charge >= 0.3 is 6.61 Å². The molecule has 1 aromatic rings. The molecule has 1 saturated heterocycles. The molecule has 0 bridgehead atoms. The third kappa shape index (κ3) is 3.88. The number of alkyl halides is 2. The number of benzene rings is 1. The van der Waals surface area contributed by atoms with Crippen LogP contribution in [0.3, 0.4) is 0 Å². The number of hydrazone groups is 1. The lowest BCUT2D eigenvalue weighted by atomic mass is 10.2. The quantitative estimate of drug-likeness (QED) is 0.612. The normalized spacial score (nSPS) is 15.3. The number of thioether (sulfide) groups is 1. The summed E-state index contributed by atoms with van der Waals surface area (Å²) in [5.74, 6) is 0.128. The fourth-order valence-corrected chi connectivity index (χ4v) is 2.51. The van der Waals surface area contributed by atoms with Crippen LogP contribution in [-0.4, -0.2) is 40.9 Å². The van der Waals surface area contributed by atoms with Crippen molar-refractivity contribution in [1.29, 1.82) is 0 Å². The van der Waals surface area contributed by atoms with Crippen molar-refractivity contribution in [2.75, 3.05) is 12.9 Å². The summed E-state index contributed by atoms with van der Waals surface area (Å²) in [4.78, 5) is 11.5. The molecule has 2 rings (SSSR count). The third-order valence-corrected chi connectivity index (χ3v) is 3.79. The van der Waals surface area contributed by atoms with Crippen LogP contribution in [0.15, 0.2) is 23.3 Å². The SMILES string of the molecule is COc1cc(/C=N\N2C(=O)CSC2=S)ccc1OC(F)F. The molecule has 5 nitrogen and oxygen atoms in total. The van der Waals surface area contributed by atoms with E-state index in [0.29, 0.717) is 9.88 Å². The molecule has 9 heteroatoms. The second kappa shape index (κ2) is 6.81. The number of hydrogen-bond acceptors (Lipinski definition) is 6. The Hall–Kier alpha value is -1.74. The maximum atomic E-state index is 12.2. The Kier molecular flexibility index (Phi) is 5.07. The van der Waals surface area contributed by atoms with Gasteiger partial charge in [0, 0.05) is 0 Å². The molecule has 0 radical (unpaired) electrons. The van der Waals surface area contributed by atoms with Gasteiger partial charge in [0.15, 0.2) is 15.8 Å². The largest absolute Gasteiger partial charge is 0.493 e. The molecule has 1 fully saturated rings. The van der Waals surface area contributed by atoms with E-state index in [-0.39, 0.29) is 23.2 Å². The van der Waals surface area contributed by atoms with Gasteiger partial charge in [0.25, 0.3) is 5.91 Å². The minimum atomic E-state index is -2.94. The molecule has 0 spiro atoms. The lowest BCUT2D eigenvalue weighted by molar-refractivity contribution is -0.124. The van der Waals surface area contributed by atoms with Gasteiger partial charge in [-0.2, -0.15) is 18.9 Å². The van der Waals surface area contributed by atoms with E-state index in [0.717, 1.165) is 5.01 Å². The Bertz CT molecular complexity index is 580. The molecule has 0 atom stereocenters. The van der Waals surface area contributed by atoms with E-state index in [1.165, 1.54) is 43.3 Å². The van der Waals surface area contributed by atoms with E-state index in [2.05, 4.69) is 9.84 Å². The summed E-state index contributed by atoms with van der Waals surface area (Å²) in [6.07, 6.45) is 1.39. The van der Waals surface area contributed by atoms with Crippen molar-refractivity contribution in [1.82, 2.24) is 5.01 Å². The van der Waals surface area contributed by atoms with E-state index in [9.17, 15) is 13.6 Å². The van der Waals surface area contributed by atoms with E-state index >= 15 is 0 Å². The number of carbonyl (C=O) groups is 1. The predicted octanol–water partition coefficient (Wildman–Crippen LogP) is 2.49. The monoisotopic (exact) mass is 332 g/mol. The van der Waals surface area contributed by atoms with Crippen LogP contribution < -0.4 is 9.47 Å². The van der Waals surface area contributed by atoms with Crippen LogP contribution in [0.4, 0.5) is 8.78 Å².